The first-order chi connectivity index (χ1) is 8.59. The minimum Gasteiger partial charge on any atom is -0.364 e. The van der Waals surface area contributed by atoms with E-state index in [0.717, 1.165) is 22.5 Å². The van der Waals surface area contributed by atoms with Crippen molar-refractivity contribution < 1.29 is 4.79 Å². The van der Waals surface area contributed by atoms with E-state index in [-0.39, 0.29) is 5.91 Å². The number of aromatic nitrogens is 1. The number of aromatic amines is 1. The highest BCUT2D eigenvalue weighted by Gasteiger charge is 2.09. The number of thiophene rings is 1. The molecule has 2 aromatic heterocycles. The molecule has 0 fully saturated rings. The summed E-state index contributed by atoms with van der Waals surface area (Å²) in [6.07, 6.45) is 1.94. The summed E-state index contributed by atoms with van der Waals surface area (Å²) in [5, 5.41) is 6.01. The van der Waals surface area contributed by atoms with E-state index in [2.05, 4.69) is 15.5 Å². The number of amides is 1. The molecule has 0 aliphatic carbocycles. The van der Waals surface area contributed by atoms with Gasteiger partial charge in [-0.2, -0.15) is 5.10 Å². The number of hydrogen-bond acceptors (Lipinski definition) is 3. The Morgan fingerprint density at radius 1 is 1.44 bits per heavy atom. The summed E-state index contributed by atoms with van der Waals surface area (Å²) in [5.74, 6) is -0.171. The molecule has 0 radical (unpaired) electrons. The zero-order chi connectivity index (χ0) is 13.1. The van der Waals surface area contributed by atoms with Gasteiger partial charge in [0.05, 0.1) is 10.6 Å². The molecule has 0 spiro atoms. The third-order valence-corrected chi connectivity index (χ3v) is 3.58. The zero-order valence-electron chi connectivity index (χ0n) is 10.6. The van der Waals surface area contributed by atoms with Crippen LogP contribution in [0, 0.1) is 13.8 Å². The van der Waals surface area contributed by atoms with Crippen molar-refractivity contribution in [3.05, 3.63) is 45.4 Å². The number of aryl methyl sites for hydroxylation is 2. The summed E-state index contributed by atoms with van der Waals surface area (Å²) >= 11 is 1.40. The molecule has 2 aromatic rings. The van der Waals surface area contributed by atoms with Crippen LogP contribution in [-0.4, -0.2) is 16.6 Å². The lowest BCUT2D eigenvalue weighted by molar-refractivity contribution is 0.0959. The number of H-pyrrole nitrogens is 1. The fourth-order valence-corrected chi connectivity index (χ4v) is 2.48. The average Bonchev–Trinajstić information content (AvgIpc) is 2.96. The summed E-state index contributed by atoms with van der Waals surface area (Å²) in [7, 11) is 0. The summed E-state index contributed by atoms with van der Waals surface area (Å²) in [6, 6.07) is 3.62. The van der Waals surface area contributed by atoms with Gasteiger partial charge in [0.2, 0.25) is 0 Å². The Hall–Kier alpha value is -1.88. The summed E-state index contributed by atoms with van der Waals surface area (Å²) in [5.41, 5.74) is 6.61. The van der Waals surface area contributed by atoms with Gasteiger partial charge in [-0.1, -0.05) is 6.07 Å². The van der Waals surface area contributed by atoms with Gasteiger partial charge in [0.25, 0.3) is 5.91 Å². The lowest BCUT2D eigenvalue weighted by Crippen LogP contribution is -2.18. The monoisotopic (exact) mass is 261 g/mol. The quantitative estimate of drug-likeness (QED) is 0.648. The van der Waals surface area contributed by atoms with E-state index in [4.69, 9.17) is 0 Å². The van der Waals surface area contributed by atoms with Crippen LogP contribution in [0.2, 0.25) is 0 Å². The average molecular weight is 261 g/mol. The zero-order valence-corrected chi connectivity index (χ0v) is 11.4. The molecular weight excluding hydrogens is 246 g/mol. The maximum Gasteiger partial charge on any atom is 0.281 e. The smallest absolute Gasteiger partial charge is 0.281 e. The van der Waals surface area contributed by atoms with Gasteiger partial charge in [-0.3, -0.25) is 4.79 Å². The minimum atomic E-state index is -0.171. The van der Waals surface area contributed by atoms with Crippen LogP contribution in [0.1, 0.15) is 33.4 Å². The number of hydrazone groups is 1. The second-order valence-electron chi connectivity index (χ2n) is 4.09. The molecular formula is C13H15N3OS. The van der Waals surface area contributed by atoms with Crippen molar-refractivity contribution in [1.82, 2.24) is 10.4 Å². The van der Waals surface area contributed by atoms with Gasteiger partial charge >= 0.3 is 0 Å². The molecule has 94 valence electrons. The van der Waals surface area contributed by atoms with E-state index in [9.17, 15) is 4.79 Å². The van der Waals surface area contributed by atoms with Crippen molar-refractivity contribution in [2.45, 2.75) is 20.8 Å². The molecule has 2 rings (SSSR count). The summed E-state index contributed by atoms with van der Waals surface area (Å²) in [4.78, 5) is 15.5. The molecule has 0 aromatic carbocycles. The molecule has 5 heteroatoms. The number of nitrogens with zero attached hydrogens (tertiary/aromatic N) is 1. The number of hydrogen-bond donors (Lipinski definition) is 2. The molecule has 0 atom stereocenters. The Bertz CT molecular complexity index is 562. The van der Waals surface area contributed by atoms with Crippen LogP contribution in [-0.2, 0) is 0 Å². The van der Waals surface area contributed by atoms with Gasteiger partial charge in [0, 0.05) is 17.5 Å². The Morgan fingerprint density at radius 3 is 2.78 bits per heavy atom. The fraction of sp³-hybridized carbons (Fsp3) is 0.231. The van der Waals surface area contributed by atoms with Crippen LogP contribution in [0.4, 0.5) is 0 Å². The van der Waals surface area contributed by atoms with Crippen molar-refractivity contribution in [3.8, 4) is 0 Å². The maximum atomic E-state index is 11.7. The molecule has 2 N–H and O–H groups in total. The molecule has 0 aliphatic rings. The van der Waals surface area contributed by atoms with Crippen molar-refractivity contribution >= 4 is 23.0 Å². The largest absolute Gasteiger partial charge is 0.364 e. The van der Waals surface area contributed by atoms with Gasteiger partial charge in [-0.25, -0.2) is 5.43 Å². The van der Waals surface area contributed by atoms with E-state index in [0.29, 0.717) is 4.88 Å². The van der Waals surface area contributed by atoms with E-state index < -0.39 is 0 Å². The highest BCUT2D eigenvalue weighted by molar-refractivity contribution is 7.12. The SMILES string of the molecule is C/C(=N\NC(=O)c1cccs1)c1c(C)c[nH]c1C. The molecule has 0 bridgehead atoms. The van der Waals surface area contributed by atoms with Crippen LogP contribution >= 0.6 is 11.3 Å². The van der Waals surface area contributed by atoms with E-state index in [1.807, 2.05) is 38.4 Å². The van der Waals surface area contributed by atoms with E-state index in [1.165, 1.54) is 11.3 Å². The van der Waals surface area contributed by atoms with E-state index in [1.54, 1.807) is 6.07 Å². The minimum absolute atomic E-state index is 0.171. The topological polar surface area (TPSA) is 57.2 Å². The number of rotatable bonds is 3. The fourth-order valence-electron chi connectivity index (χ4n) is 1.87. The van der Waals surface area contributed by atoms with Crippen LogP contribution in [0.3, 0.4) is 0 Å². The number of carbonyl (C=O) groups is 1. The van der Waals surface area contributed by atoms with Crippen LogP contribution in [0.25, 0.3) is 0 Å². The summed E-state index contributed by atoms with van der Waals surface area (Å²) in [6.45, 7) is 5.89. The molecule has 2 heterocycles. The van der Waals surface area contributed by atoms with Gasteiger partial charge in [-0.05, 0) is 37.8 Å². The highest BCUT2D eigenvalue weighted by Crippen LogP contribution is 2.13. The molecule has 4 nitrogen and oxygen atoms in total. The third-order valence-electron chi connectivity index (χ3n) is 2.71. The van der Waals surface area contributed by atoms with Gasteiger partial charge < -0.3 is 4.98 Å². The first-order valence-corrected chi connectivity index (χ1v) is 6.50. The van der Waals surface area contributed by atoms with Gasteiger partial charge in [-0.15, -0.1) is 11.3 Å². The molecule has 0 aliphatic heterocycles. The lowest BCUT2D eigenvalue weighted by atomic mass is 10.1. The number of nitrogens with one attached hydrogen (secondary N) is 2. The lowest BCUT2D eigenvalue weighted by Gasteiger charge is -2.02. The van der Waals surface area contributed by atoms with Gasteiger partial charge in [0.1, 0.15) is 0 Å². The Labute approximate surface area is 110 Å². The molecule has 0 unspecified atom stereocenters. The Morgan fingerprint density at radius 2 is 2.22 bits per heavy atom. The molecule has 0 saturated carbocycles. The molecule has 0 saturated heterocycles. The van der Waals surface area contributed by atoms with Crippen molar-refractivity contribution in [3.63, 3.8) is 0 Å². The maximum absolute atomic E-state index is 11.7. The first-order valence-electron chi connectivity index (χ1n) is 5.62. The van der Waals surface area contributed by atoms with E-state index >= 15 is 0 Å². The predicted molar refractivity (Wildman–Crippen MR) is 74.3 cm³/mol. The second kappa shape index (κ2) is 5.18. The van der Waals surface area contributed by atoms with Crippen molar-refractivity contribution in [2.24, 2.45) is 5.10 Å². The number of carbonyl (C=O) groups excluding carboxylic acids is 1. The van der Waals surface area contributed by atoms with Crippen molar-refractivity contribution in [1.29, 1.82) is 0 Å². The second-order valence-corrected chi connectivity index (χ2v) is 5.03. The van der Waals surface area contributed by atoms with Gasteiger partial charge in [0.15, 0.2) is 0 Å². The first kappa shape index (κ1) is 12.6. The standard InChI is InChI=1S/C13H15N3OS/c1-8-7-14-9(2)12(8)10(3)15-16-13(17)11-5-4-6-18-11/h4-7,14H,1-3H3,(H,16,17)/b15-10+. The predicted octanol–water partition coefficient (Wildman–Crippen LogP) is 2.85. The summed E-state index contributed by atoms with van der Waals surface area (Å²) < 4.78 is 0. The normalized spacial score (nSPS) is 11.6. The highest BCUT2D eigenvalue weighted by atomic mass is 32.1. The Balaban J connectivity index is 2.13. The molecule has 1 amide bonds. The Kier molecular flexibility index (Phi) is 3.62. The third kappa shape index (κ3) is 2.51. The van der Waals surface area contributed by atoms with Crippen molar-refractivity contribution in [2.75, 3.05) is 0 Å². The van der Waals surface area contributed by atoms with Crippen LogP contribution < -0.4 is 5.43 Å². The van der Waals surface area contributed by atoms with Crippen LogP contribution in [0.5, 0.6) is 0 Å². The molecule has 18 heavy (non-hydrogen) atoms. The van der Waals surface area contributed by atoms with Crippen LogP contribution in [0.15, 0.2) is 28.8 Å².